The molecule has 4 nitrogen and oxygen atoms in total. The smallest absolute Gasteiger partial charge is 0.231 e. The first kappa shape index (κ1) is 9.51. The minimum absolute atomic E-state index is 0.702. The second kappa shape index (κ2) is 4.45. The highest BCUT2D eigenvalue weighted by Crippen LogP contribution is 2.07. The van der Waals surface area contributed by atoms with E-state index < -0.39 is 0 Å². The predicted molar refractivity (Wildman–Crippen MR) is 54.3 cm³/mol. The summed E-state index contributed by atoms with van der Waals surface area (Å²) in [4.78, 5) is 10.2. The Labute approximate surface area is 78.2 Å². The summed E-state index contributed by atoms with van der Waals surface area (Å²) in [6, 6.07) is 0. The molecule has 0 amide bonds. The van der Waals surface area contributed by atoms with Gasteiger partial charge in [-0.15, -0.1) is 6.58 Å². The summed E-state index contributed by atoms with van der Waals surface area (Å²) < 4.78 is 1.92. The van der Waals surface area contributed by atoms with Gasteiger partial charge < -0.3 is 9.47 Å². The second-order valence-corrected chi connectivity index (χ2v) is 2.88. The SMILES string of the molecule is C=CCn1ccnc1/N=C/N(C)C. The largest absolute Gasteiger partial charge is 0.369 e. The number of hydrogen-bond donors (Lipinski definition) is 0. The lowest BCUT2D eigenvalue weighted by molar-refractivity contribution is 0.641. The van der Waals surface area contributed by atoms with Crippen LogP contribution in [-0.4, -0.2) is 34.9 Å². The molecule has 13 heavy (non-hydrogen) atoms. The molecule has 0 N–H and O–H groups in total. The van der Waals surface area contributed by atoms with Crippen LogP contribution in [0.3, 0.4) is 0 Å². The van der Waals surface area contributed by atoms with Crippen molar-refractivity contribution in [3.8, 4) is 0 Å². The summed E-state index contributed by atoms with van der Waals surface area (Å²) in [5.41, 5.74) is 0. The van der Waals surface area contributed by atoms with E-state index in [1.54, 1.807) is 12.5 Å². The lowest BCUT2D eigenvalue weighted by atomic mass is 10.6. The van der Waals surface area contributed by atoms with E-state index in [0.29, 0.717) is 5.95 Å². The summed E-state index contributed by atoms with van der Waals surface area (Å²) in [6.45, 7) is 4.40. The Hall–Kier alpha value is -1.58. The Balaban J connectivity index is 2.75. The highest BCUT2D eigenvalue weighted by molar-refractivity contribution is 5.57. The highest BCUT2D eigenvalue weighted by Gasteiger charge is 1.96. The van der Waals surface area contributed by atoms with Gasteiger partial charge in [0.15, 0.2) is 0 Å². The quantitative estimate of drug-likeness (QED) is 0.395. The molecule has 1 aromatic rings. The van der Waals surface area contributed by atoms with Crippen LogP contribution in [0.15, 0.2) is 30.0 Å². The van der Waals surface area contributed by atoms with Gasteiger partial charge in [0, 0.05) is 33.0 Å². The molecule has 0 aliphatic heterocycles. The molecule has 0 bridgehead atoms. The first-order valence-electron chi connectivity index (χ1n) is 4.06. The molecule has 0 spiro atoms. The zero-order valence-electron chi connectivity index (χ0n) is 8.01. The van der Waals surface area contributed by atoms with Crippen molar-refractivity contribution in [2.75, 3.05) is 14.1 Å². The summed E-state index contributed by atoms with van der Waals surface area (Å²) in [5, 5.41) is 0. The maximum Gasteiger partial charge on any atom is 0.231 e. The van der Waals surface area contributed by atoms with Crippen molar-refractivity contribution in [3.63, 3.8) is 0 Å². The Bertz CT molecular complexity index is 298. The average Bonchev–Trinajstić information content (AvgIpc) is 2.49. The zero-order chi connectivity index (χ0) is 9.68. The maximum atomic E-state index is 4.19. The third kappa shape index (κ3) is 2.74. The van der Waals surface area contributed by atoms with Gasteiger partial charge in [0.05, 0.1) is 6.34 Å². The number of aliphatic imine (C=N–C) groups is 1. The number of hydrogen-bond acceptors (Lipinski definition) is 2. The Morgan fingerprint density at radius 2 is 2.46 bits per heavy atom. The van der Waals surface area contributed by atoms with E-state index in [9.17, 15) is 0 Å². The Morgan fingerprint density at radius 1 is 1.69 bits per heavy atom. The molecule has 0 fully saturated rings. The van der Waals surface area contributed by atoms with Gasteiger partial charge in [-0.3, -0.25) is 0 Å². The molecule has 1 aromatic heterocycles. The van der Waals surface area contributed by atoms with Crippen LogP contribution in [0, 0.1) is 0 Å². The van der Waals surface area contributed by atoms with Crippen LogP contribution in [0.2, 0.25) is 0 Å². The number of nitrogens with zero attached hydrogens (tertiary/aromatic N) is 4. The molecule has 1 heterocycles. The molecule has 0 aliphatic rings. The normalized spacial score (nSPS) is 10.6. The third-order valence-corrected chi connectivity index (χ3v) is 1.42. The lowest BCUT2D eigenvalue weighted by Gasteiger charge is -2.03. The number of imidazole rings is 1. The monoisotopic (exact) mass is 178 g/mol. The van der Waals surface area contributed by atoms with Crippen molar-refractivity contribution >= 4 is 12.3 Å². The number of aromatic nitrogens is 2. The molecule has 1 rings (SSSR count). The molecule has 0 atom stereocenters. The van der Waals surface area contributed by atoms with E-state index in [-0.39, 0.29) is 0 Å². The van der Waals surface area contributed by atoms with Crippen molar-refractivity contribution < 1.29 is 0 Å². The molecule has 0 aliphatic carbocycles. The summed E-state index contributed by atoms with van der Waals surface area (Å²) >= 11 is 0. The fraction of sp³-hybridized carbons (Fsp3) is 0.333. The van der Waals surface area contributed by atoms with Crippen molar-refractivity contribution in [2.24, 2.45) is 4.99 Å². The van der Waals surface area contributed by atoms with Crippen molar-refractivity contribution in [1.29, 1.82) is 0 Å². The Morgan fingerprint density at radius 3 is 3.08 bits per heavy atom. The lowest BCUT2D eigenvalue weighted by Crippen LogP contribution is -2.07. The van der Waals surface area contributed by atoms with Crippen LogP contribution < -0.4 is 0 Å². The molecule has 0 saturated carbocycles. The maximum absolute atomic E-state index is 4.19. The molecule has 0 radical (unpaired) electrons. The predicted octanol–water partition coefficient (Wildman–Crippen LogP) is 1.29. The fourth-order valence-corrected chi connectivity index (χ4v) is 0.877. The number of allylic oxidation sites excluding steroid dienone is 1. The third-order valence-electron chi connectivity index (χ3n) is 1.42. The Kier molecular flexibility index (Phi) is 3.25. The van der Waals surface area contributed by atoms with Gasteiger partial charge in [-0.2, -0.15) is 0 Å². The first-order chi connectivity index (χ1) is 6.24. The summed E-state index contributed by atoms with van der Waals surface area (Å²) in [5.74, 6) is 0.702. The van der Waals surface area contributed by atoms with Crippen molar-refractivity contribution in [2.45, 2.75) is 6.54 Å². The van der Waals surface area contributed by atoms with Crippen molar-refractivity contribution in [1.82, 2.24) is 14.5 Å². The van der Waals surface area contributed by atoms with E-state index in [1.807, 2.05) is 35.8 Å². The zero-order valence-corrected chi connectivity index (χ0v) is 8.01. The topological polar surface area (TPSA) is 33.4 Å². The van der Waals surface area contributed by atoms with Crippen LogP contribution in [-0.2, 0) is 6.54 Å². The van der Waals surface area contributed by atoms with Gasteiger partial charge in [-0.05, 0) is 0 Å². The summed E-state index contributed by atoms with van der Waals surface area (Å²) in [7, 11) is 3.84. The van der Waals surface area contributed by atoms with Crippen LogP contribution in [0.5, 0.6) is 0 Å². The first-order valence-corrected chi connectivity index (χ1v) is 4.06. The molecular formula is C9H14N4. The average molecular weight is 178 g/mol. The minimum Gasteiger partial charge on any atom is -0.369 e. The summed E-state index contributed by atoms with van der Waals surface area (Å²) in [6.07, 6.45) is 7.15. The van der Waals surface area contributed by atoms with Crippen LogP contribution in [0.25, 0.3) is 0 Å². The molecule has 4 heteroatoms. The van der Waals surface area contributed by atoms with Crippen molar-refractivity contribution in [3.05, 3.63) is 25.0 Å². The van der Waals surface area contributed by atoms with Gasteiger partial charge in [0.1, 0.15) is 0 Å². The van der Waals surface area contributed by atoms with Gasteiger partial charge in [0.25, 0.3) is 0 Å². The van der Waals surface area contributed by atoms with Gasteiger partial charge in [0.2, 0.25) is 5.95 Å². The molecule has 0 aromatic carbocycles. The number of rotatable bonds is 4. The molecule has 0 unspecified atom stereocenters. The van der Waals surface area contributed by atoms with Gasteiger partial charge in [-0.25, -0.2) is 9.98 Å². The van der Waals surface area contributed by atoms with Gasteiger partial charge in [-0.1, -0.05) is 6.08 Å². The minimum atomic E-state index is 0.702. The van der Waals surface area contributed by atoms with E-state index in [0.717, 1.165) is 6.54 Å². The van der Waals surface area contributed by atoms with Crippen LogP contribution in [0.1, 0.15) is 0 Å². The van der Waals surface area contributed by atoms with E-state index in [1.165, 1.54) is 0 Å². The molecular weight excluding hydrogens is 164 g/mol. The molecule has 70 valence electrons. The van der Waals surface area contributed by atoms with Crippen LogP contribution >= 0.6 is 0 Å². The highest BCUT2D eigenvalue weighted by atomic mass is 15.2. The molecule has 0 saturated heterocycles. The van der Waals surface area contributed by atoms with Crippen LogP contribution in [0.4, 0.5) is 5.95 Å². The van der Waals surface area contributed by atoms with E-state index in [4.69, 9.17) is 0 Å². The van der Waals surface area contributed by atoms with E-state index in [2.05, 4.69) is 16.6 Å². The second-order valence-electron chi connectivity index (χ2n) is 2.88. The van der Waals surface area contributed by atoms with E-state index >= 15 is 0 Å². The van der Waals surface area contributed by atoms with Gasteiger partial charge >= 0.3 is 0 Å². The fourth-order valence-electron chi connectivity index (χ4n) is 0.877. The standard InChI is InChI=1S/C9H14N4/c1-4-6-13-7-5-10-9(13)11-8-12(2)3/h4-5,7-8H,1,6H2,2-3H3/b11-8+.